The average molecular weight is 293 g/mol. The van der Waals surface area contributed by atoms with Crippen molar-refractivity contribution in [3.63, 3.8) is 0 Å². The van der Waals surface area contributed by atoms with Crippen LogP contribution in [-0.4, -0.2) is 4.98 Å². The summed E-state index contributed by atoms with van der Waals surface area (Å²) in [5, 5.41) is 8.74. The molecule has 1 heterocycles. The number of hydrogen-bond acceptors (Lipinski definition) is 3. The molecule has 0 bridgehead atoms. The van der Waals surface area contributed by atoms with Crippen molar-refractivity contribution in [1.82, 2.24) is 4.98 Å². The van der Waals surface area contributed by atoms with Gasteiger partial charge in [-0.25, -0.2) is 4.98 Å². The highest BCUT2D eigenvalue weighted by atomic mass is 19.4. The van der Waals surface area contributed by atoms with Crippen molar-refractivity contribution in [2.75, 3.05) is 5.73 Å². The molecule has 0 fully saturated rings. The standard InChI is InChI=1S/C13H8F3N3.C2H6/c14-13(15,16)9-1-2-12(18)11(6-9)8-3-4-19-10(5-8)7-17;1-2/h1-6H,18H2;1-2H3. The molecule has 0 aliphatic carbocycles. The van der Waals surface area contributed by atoms with E-state index in [2.05, 4.69) is 4.98 Å². The molecule has 0 amide bonds. The first-order valence-electron chi connectivity index (χ1n) is 6.25. The van der Waals surface area contributed by atoms with Crippen LogP contribution in [0.1, 0.15) is 25.1 Å². The third-order valence-corrected chi connectivity index (χ3v) is 2.57. The van der Waals surface area contributed by atoms with Crippen LogP contribution >= 0.6 is 0 Å². The van der Waals surface area contributed by atoms with E-state index in [1.807, 2.05) is 19.9 Å². The minimum absolute atomic E-state index is 0.120. The molecule has 0 spiro atoms. The number of nitrogens with two attached hydrogens (primary N) is 1. The highest BCUT2D eigenvalue weighted by Crippen LogP contribution is 2.35. The van der Waals surface area contributed by atoms with Gasteiger partial charge in [-0.2, -0.15) is 18.4 Å². The molecule has 0 atom stereocenters. The minimum Gasteiger partial charge on any atom is -0.398 e. The second-order valence-electron chi connectivity index (χ2n) is 3.84. The van der Waals surface area contributed by atoms with Crippen LogP contribution in [0, 0.1) is 11.3 Å². The number of alkyl halides is 3. The fraction of sp³-hybridized carbons (Fsp3) is 0.200. The van der Waals surface area contributed by atoms with Crippen LogP contribution in [0.3, 0.4) is 0 Å². The fourth-order valence-corrected chi connectivity index (χ4v) is 1.64. The molecule has 1 aromatic carbocycles. The summed E-state index contributed by atoms with van der Waals surface area (Å²) in [4.78, 5) is 3.76. The molecule has 2 aromatic rings. The molecule has 21 heavy (non-hydrogen) atoms. The Morgan fingerprint density at radius 2 is 1.81 bits per heavy atom. The van der Waals surface area contributed by atoms with Crippen LogP contribution in [-0.2, 0) is 6.18 Å². The first kappa shape index (κ1) is 16.5. The predicted molar refractivity (Wildman–Crippen MR) is 75.2 cm³/mol. The SMILES string of the molecule is CC.N#Cc1cc(-c2cc(C(F)(F)F)ccc2N)ccn1. The highest BCUT2D eigenvalue weighted by Gasteiger charge is 2.30. The number of hydrogen-bond donors (Lipinski definition) is 1. The Kier molecular flexibility index (Phi) is 5.30. The largest absolute Gasteiger partial charge is 0.416 e. The quantitative estimate of drug-likeness (QED) is 0.799. The molecular formula is C15H14F3N3. The molecule has 110 valence electrons. The van der Waals surface area contributed by atoms with E-state index in [9.17, 15) is 13.2 Å². The molecule has 0 unspecified atom stereocenters. The zero-order valence-corrected chi connectivity index (χ0v) is 11.6. The number of rotatable bonds is 1. The molecule has 0 aliphatic rings. The van der Waals surface area contributed by atoms with Gasteiger partial charge in [0.05, 0.1) is 5.56 Å². The molecular weight excluding hydrogens is 279 g/mol. The predicted octanol–water partition coefficient (Wildman–Crippen LogP) is 4.25. The first-order valence-corrected chi connectivity index (χ1v) is 6.25. The number of nitrogen functional groups attached to an aromatic ring is 1. The smallest absolute Gasteiger partial charge is 0.398 e. The molecule has 0 saturated heterocycles. The second kappa shape index (κ2) is 6.75. The van der Waals surface area contributed by atoms with Gasteiger partial charge in [0.15, 0.2) is 0 Å². The lowest BCUT2D eigenvalue weighted by Crippen LogP contribution is -2.05. The number of pyridine rings is 1. The van der Waals surface area contributed by atoms with Gasteiger partial charge in [-0.15, -0.1) is 0 Å². The zero-order chi connectivity index (χ0) is 16.0. The number of aromatic nitrogens is 1. The normalized spacial score (nSPS) is 10.3. The molecule has 3 nitrogen and oxygen atoms in total. The Morgan fingerprint density at radius 1 is 1.14 bits per heavy atom. The lowest BCUT2D eigenvalue weighted by molar-refractivity contribution is -0.137. The molecule has 6 heteroatoms. The molecule has 0 saturated carbocycles. The van der Waals surface area contributed by atoms with E-state index in [1.54, 1.807) is 0 Å². The summed E-state index contributed by atoms with van der Waals surface area (Å²) in [5.41, 5.74) is 5.89. The summed E-state index contributed by atoms with van der Waals surface area (Å²) < 4.78 is 38.0. The first-order chi connectivity index (χ1) is 9.91. The van der Waals surface area contributed by atoms with Crippen molar-refractivity contribution < 1.29 is 13.2 Å². The summed E-state index contributed by atoms with van der Waals surface area (Å²) in [6.07, 6.45) is -3.08. The van der Waals surface area contributed by atoms with Gasteiger partial charge in [-0.3, -0.25) is 0 Å². The van der Waals surface area contributed by atoms with Gasteiger partial charge in [0, 0.05) is 17.4 Å². The maximum absolute atomic E-state index is 12.7. The summed E-state index contributed by atoms with van der Waals surface area (Å²) >= 11 is 0. The van der Waals surface area contributed by atoms with Gasteiger partial charge in [0.2, 0.25) is 0 Å². The van der Waals surface area contributed by atoms with Crippen LogP contribution in [0.4, 0.5) is 18.9 Å². The summed E-state index contributed by atoms with van der Waals surface area (Å²) in [6.45, 7) is 4.00. The number of benzene rings is 1. The third-order valence-electron chi connectivity index (χ3n) is 2.57. The number of halogens is 3. The molecule has 2 rings (SSSR count). The van der Waals surface area contributed by atoms with Crippen molar-refractivity contribution in [3.8, 4) is 17.2 Å². The Hall–Kier alpha value is -2.55. The summed E-state index contributed by atoms with van der Waals surface area (Å²) in [6, 6.07) is 7.81. The van der Waals surface area contributed by atoms with Crippen LogP contribution in [0.25, 0.3) is 11.1 Å². The Morgan fingerprint density at radius 3 is 2.38 bits per heavy atom. The van der Waals surface area contributed by atoms with Crippen molar-refractivity contribution in [1.29, 1.82) is 5.26 Å². The van der Waals surface area contributed by atoms with E-state index in [4.69, 9.17) is 11.0 Å². The van der Waals surface area contributed by atoms with Crippen molar-refractivity contribution in [2.45, 2.75) is 20.0 Å². The lowest BCUT2D eigenvalue weighted by atomic mass is 10.0. The topological polar surface area (TPSA) is 62.7 Å². The fourth-order valence-electron chi connectivity index (χ4n) is 1.64. The van der Waals surface area contributed by atoms with E-state index in [0.717, 1.165) is 12.1 Å². The van der Waals surface area contributed by atoms with Crippen molar-refractivity contribution >= 4 is 5.69 Å². The van der Waals surface area contributed by atoms with Crippen molar-refractivity contribution in [3.05, 3.63) is 47.8 Å². The van der Waals surface area contributed by atoms with E-state index in [1.165, 1.54) is 24.4 Å². The zero-order valence-electron chi connectivity index (χ0n) is 11.6. The monoisotopic (exact) mass is 293 g/mol. The van der Waals surface area contributed by atoms with E-state index >= 15 is 0 Å². The minimum atomic E-state index is -4.44. The van der Waals surface area contributed by atoms with E-state index in [-0.39, 0.29) is 16.9 Å². The van der Waals surface area contributed by atoms with Crippen molar-refractivity contribution in [2.24, 2.45) is 0 Å². The Bertz CT molecular complexity index is 658. The van der Waals surface area contributed by atoms with Crippen LogP contribution in [0.2, 0.25) is 0 Å². The summed E-state index contributed by atoms with van der Waals surface area (Å²) in [5.74, 6) is 0. The third kappa shape index (κ3) is 3.96. The molecule has 0 aliphatic heterocycles. The van der Waals surface area contributed by atoms with Gasteiger partial charge in [0.1, 0.15) is 11.8 Å². The maximum Gasteiger partial charge on any atom is 0.416 e. The average Bonchev–Trinajstić information content (AvgIpc) is 2.48. The Balaban J connectivity index is 0.00000106. The summed E-state index contributed by atoms with van der Waals surface area (Å²) in [7, 11) is 0. The van der Waals surface area contributed by atoms with E-state index in [0.29, 0.717) is 5.56 Å². The van der Waals surface area contributed by atoms with E-state index < -0.39 is 11.7 Å². The van der Waals surface area contributed by atoms with Crippen LogP contribution < -0.4 is 5.73 Å². The highest BCUT2D eigenvalue weighted by molar-refractivity contribution is 5.77. The van der Waals surface area contributed by atoms with Crippen LogP contribution in [0.15, 0.2) is 36.5 Å². The number of nitrogens with zero attached hydrogens (tertiary/aromatic N) is 2. The van der Waals surface area contributed by atoms with Gasteiger partial charge in [-0.1, -0.05) is 13.8 Å². The van der Waals surface area contributed by atoms with Gasteiger partial charge in [0.25, 0.3) is 0 Å². The lowest BCUT2D eigenvalue weighted by Gasteiger charge is -2.11. The van der Waals surface area contributed by atoms with Gasteiger partial charge >= 0.3 is 6.18 Å². The molecule has 1 aromatic heterocycles. The Labute approximate surface area is 120 Å². The number of anilines is 1. The maximum atomic E-state index is 12.7. The van der Waals surface area contributed by atoms with Gasteiger partial charge < -0.3 is 5.73 Å². The van der Waals surface area contributed by atoms with Crippen LogP contribution in [0.5, 0.6) is 0 Å². The molecule has 2 N–H and O–H groups in total. The molecule has 0 radical (unpaired) electrons. The van der Waals surface area contributed by atoms with Gasteiger partial charge in [-0.05, 0) is 35.9 Å². The second-order valence-corrected chi connectivity index (χ2v) is 3.84. The number of nitriles is 1.